The lowest BCUT2D eigenvalue weighted by Gasteiger charge is -2.13. The fourth-order valence-electron chi connectivity index (χ4n) is 2.95. The molecule has 2 heterocycles. The number of hydrogen-bond acceptors (Lipinski definition) is 4. The van der Waals surface area contributed by atoms with Crippen LogP contribution < -0.4 is 10.4 Å². The van der Waals surface area contributed by atoms with Gasteiger partial charge in [0.15, 0.2) is 0 Å². The zero-order chi connectivity index (χ0) is 19.7. The SMILES string of the molecule is O=C1NN(c2ccccc2)C(=O)/C1=C\c1cccn1-c1ccc([N+](=O)[O-])cc1. The smallest absolute Gasteiger partial charge is 0.282 e. The number of nitro benzene ring substituents is 1. The van der Waals surface area contributed by atoms with Crippen molar-refractivity contribution < 1.29 is 14.5 Å². The molecule has 1 saturated heterocycles. The normalized spacial score (nSPS) is 15.1. The van der Waals surface area contributed by atoms with E-state index in [2.05, 4.69) is 5.43 Å². The highest BCUT2D eigenvalue weighted by Crippen LogP contribution is 2.23. The summed E-state index contributed by atoms with van der Waals surface area (Å²) in [4.78, 5) is 35.4. The number of carbonyl (C=O) groups is 2. The van der Waals surface area contributed by atoms with Crippen LogP contribution in [0.1, 0.15) is 5.69 Å². The van der Waals surface area contributed by atoms with Gasteiger partial charge in [-0.15, -0.1) is 0 Å². The molecule has 8 heteroatoms. The van der Waals surface area contributed by atoms with Crippen LogP contribution in [0.3, 0.4) is 0 Å². The van der Waals surface area contributed by atoms with Crippen LogP contribution in [0.5, 0.6) is 0 Å². The minimum Gasteiger partial charge on any atom is -0.317 e. The number of non-ortho nitro benzene ring substituents is 1. The Kier molecular flexibility index (Phi) is 4.21. The molecule has 0 atom stereocenters. The maximum atomic E-state index is 12.7. The van der Waals surface area contributed by atoms with Crippen LogP contribution in [0, 0.1) is 10.1 Å². The highest BCUT2D eigenvalue weighted by atomic mass is 16.6. The second-order valence-corrected chi connectivity index (χ2v) is 6.05. The predicted molar refractivity (Wildman–Crippen MR) is 102 cm³/mol. The summed E-state index contributed by atoms with van der Waals surface area (Å²) in [6.07, 6.45) is 3.25. The molecule has 1 fully saturated rings. The molecule has 138 valence electrons. The average Bonchev–Trinajstić information content (AvgIpc) is 3.29. The molecule has 1 aliphatic rings. The van der Waals surface area contributed by atoms with E-state index in [0.29, 0.717) is 17.1 Å². The minimum atomic E-state index is -0.495. The Bertz CT molecular complexity index is 1100. The Morgan fingerprint density at radius 3 is 2.29 bits per heavy atom. The molecule has 0 bridgehead atoms. The van der Waals surface area contributed by atoms with Gasteiger partial charge in [0.05, 0.1) is 10.6 Å². The first-order valence-corrected chi connectivity index (χ1v) is 8.39. The number of nitrogens with one attached hydrogen (secondary N) is 1. The van der Waals surface area contributed by atoms with Crippen molar-refractivity contribution in [3.05, 3.63) is 94.3 Å². The topological polar surface area (TPSA) is 97.5 Å². The number of anilines is 1. The molecule has 1 N–H and O–H groups in total. The molecule has 8 nitrogen and oxygen atoms in total. The monoisotopic (exact) mass is 374 g/mol. The number of nitrogens with zero attached hydrogens (tertiary/aromatic N) is 3. The second-order valence-electron chi connectivity index (χ2n) is 6.05. The Labute approximate surface area is 159 Å². The Hall–Kier alpha value is -4.20. The number of benzene rings is 2. The van der Waals surface area contributed by atoms with E-state index in [9.17, 15) is 19.7 Å². The van der Waals surface area contributed by atoms with Crippen LogP contribution >= 0.6 is 0 Å². The van der Waals surface area contributed by atoms with Crippen molar-refractivity contribution in [2.75, 3.05) is 5.01 Å². The Morgan fingerprint density at radius 2 is 1.61 bits per heavy atom. The molecule has 28 heavy (non-hydrogen) atoms. The minimum absolute atomic E-state index is 0.00529. The van der Waals surface area contributed by atoms with Crippen LogP contribution in [-0.4, -0.2) is 21.3 Å². The molecule has 2 amide bonds. The summed E-state index contributed by atoms with van der Waals surface area (Å²) < 4.78 is 1.74. The summed E-state index contributed by atoms with van der Waals surface area (Å²) in [6, 6.07) is 18.3. The van der Waals surface area contributed by atoms with Crippen LogP contribution in [-0.2, 0) is 9.59 Å². The van der Waals surface area contributed by atoms with E-state index in [1.54, 1.807) is 59.3 Å². The number of para-hydroxylation sites is 1. The molecular weight excluding hydrogens is 360 g/mol. The molecule has 0 saturated carbocycles. The molecule has 1 aromatic heterocycles. The zero-order valence-corrected chi connectivity index (χ0v) is 14.5. The molecule has 3 aromatic rings. The highest BCUT2D eigenvalue weighted by Gasteiger charge is 2.34. The van der Waals surface area contributed by atoms with Gasteiger partial charge in [-0.3, -0.25) is 25.1 Å². The van der Waals surface area contributed by atoms with E-state index >= 15 is 0 Å². The van der Waals surface area contributed by atoms with Crippen LogP contribution in [0.15, 0.2) is 78.5 Å². The van der Waals surface area contributed by atoms with Crippen molar-refractivity contribution >= 4 is 29.3 Å². The van der Waals surface area contributed by atoms with Gasteiger partial charge in [0.2, 0.25) is 0 Å². The number of nitro groups is 1. The molecule has 0 unspecified atom stereocenters. The van der Waals surface area contributed by atoms with E-state index in [4.69, 9.17) is 0 Å². The summed E-state index contributed by atoms with van der Waals surface area (Å²) in [5, 5.41) is 12.0. The van der Waals surface area contributed by atoms with Gasteiger partial charge < -0.3 is 4.57 Å². The van der Waals surface area contributed by atoms with E-state index in [1.807, 2.05) is 6.07 Å². The van der Waals surface area contributed by atoms with Crippen molar-refractivity contribution in [2.24, 2.45) is 0 Å². The fraction of sp³-hybridized carbons (Fsp3) is 0. The third-order valence-electron chi connectivity index (χ3n) is 4.32. The number of hydrazine groups is 1. The quantitative estimate of drug-likeness (QED) is 0.329. The molecule has 2 aromatic carbocycles. The van der Waals surface area contributed by atoms with E-state index < -0.39 is 16.7 Å². The molecule has 1 aliphatic heterocycles. The maximum absolute atomic E-state index is 12.7. The van der Waals surface area contributed by atoms with Crippen LogP contribution in [0.25, 0.3) is 11.8 Å². The molecule has 0 aliphatic carbocycles. The van der Waals surface area contributed by atoms with Crippen molar-refractivity contribution in [3.63, 3.8) is 0 Å². The number of hydrogen-bond donors (Lipinski definition) is 1. The fourth-order valence-corrected chi connectivity index (χ4v) is 2.95. The van der Waals surface area contributed by atoms with Crippen LogP contribution in [0.2, 0.25) is 0 Å². The van der Waals surface area contributed by atoms with Gasteiger partial charge in [0.1, 0.15) is 5.57 Å². The lowest BCUT2D eigenvalue weighted by Crippen LogP contribution is -2.35. The molecule has 4 rings (SSSR count). The van der Waals surface area contributed by atoms with Crippen molar-refractivity contribution in [3.8, 4) is 5.69 Å². The highest BCUT2D eigenvalue weighted by molar-refractivity contribution is 6.31. The first-order valence-electron chi connectivity index (χ1n) is 8.39. The van der Waals surface area contributed by atoms with Gasteiger partial charge in [0.25, 0.3) is 17.5 Å². The average molecular weight is 374 g/mol. The number of amides is 2. The molecular formula is C20H14N4O4. The van der Waals surface area contributed by atoms with E-state index in [-0.39, 0.29) is 11.3 Å². The van der Waals surface area contributed by atoms with Crippen LogP contribution in [0.4, 0.5) is 11.4 Å². The number of carbonyl (C=O) groups excluding carboxylic acids is 2. The number of aromatic nitrogens is 1. The summed E-state index contributed by atoms with van der Waals surface area (Å²) in [5.41, 5.74) is 4.38. The van der Waals surface area contributed by atoms with E-state index in [0.717, 1.165) is 0 Å². The maximum Gasteiger partial charge on any atom is 0.282 e. The van der Waals surface area contributed by atoms with Gasteiger partial charge in [-0.05, 0) is 42.5 Å². The molecule has 0 radical (unpaired) electrons. The third kappa shape index (κ3) is 3.03. The summed E-state index contributed by atoms with van der Waals surface area (Å²) in [6.45, 7) is 0. The lowest BCUT2D eigenvalue weighted by atomic mass is 10.2. The van der Waals surface area contributed by atoms with Crippen molar-refractivity contribution in [2.45, 2.75) is 0 Å². The Morgan fingerprint density at radius 1 is 0.893 bits per heavy atom. The second kappa shape index (κ2) is 6.84. The molecule has 0 spiro atoms. The van der Waals surface area contributed by atoms with Gasteiger partial charge in [0, 0.05) is 29.7 Å². The van der Waals surface area contributed by atoms with Gasteiger partial charge in [-0.2, -0.15) is 0 Å². The summed E-state index contributed by atoms with van der Waals surface area (Å²) in [7, 11) is 0. The summed E-state index contributed by atoms with van der Waals surface area (Å²) in [5.74, 6) is -0.946. The summed E-state index contributed by atoms with van der Waals surface area (Å²) >= 11 is 0. The van der Waals surface area contributed by atoms with E-state index in [1.165, 1.54) is 23.2 Å². The Balaban J connectivity index is 1.67. The first-order chi connectivity index (χ1) is 13.5. The first kappa shape index (κ1) is 17.2. The van der Waals surface area contributed by atoms with Gasteiger partial charge in [-0.1, -0.05) is 18.2 Å². The zero-order valence-electron chi connectivity index (χ0n) is 14.5. The largest absolute Gasteiger partial charge is 0.317 e. The lowest BCUT2D eigenvalue weighted by molar-refractivity contribution is -0.384. The predicted octanol–water partition coefficient (Wildman–Crippen LogP) is 2.85. The van der Waals surface area contributed by atoms with Crippen molar-refractivity contribution in [1.82, 2.24) is 9.99 Å². The third-order valence-corrected chi connectivity index (χ3v) is 4.32. The van der Waals surface area contributed by atoms with Gasteiger partial charge in [-0.25, -0.2) is 5.01 Å². The van der Waals surface area contributed by atoms with Crippen molar-refractivity contribution in [1.29, 1.82) is 0 Å². The number of rotatable bonds is 4. The standard InChI is InChI=1S/C20H14N4O4/c25-19-18(20(26)23(21-19)15-5-2-1-3-6-15)13-17-7-4-12-22(17)14-8-10-16(11-9-14)24(27)28/h1-13H,(H,21,25)/b18-13-. The van der Waals surface area contributed by atoms with Gasteiger partial charge >= 0.3 is 0 Å².